The van der Waals surface area contributed by atoms with E-state index in [4.69, 9.17) is 0 Å². The summed E-state index contributed by atoms with van der Waals surface area (Å²) < 4.78 is 2.07. The summed E-state index contributed by atoms with van der Waals surface area (Å²) in [5.41, 5.74) is 3.95. The number of amides is 2. The Morgan fingerprint density at radius 3 is 2.77 bits per heavy atom. The Labute approximate surface area is 128 Å². The van der Waals surface area contributed by atoms with Crippen molar-refractivity contribution in [2.24, 2.45) is 0 Å². The number of carbonyl (C=O) groups is 1. The van der Waals surface area contributed by atoms with Gasteiger partial charge in [0.05, 0.1) is 17.9 Å². The van der Waals surface area contributed by atoms with Crippen molar-refractivity contribution in [2.45, 2.75) is 13.0 Å². The van der Waals surface area contributed by atoms with E-state index in [0.717, 1.165) is 29.1 Å². The zero-order chi connectivity index (χ0) is 14.9. The summed E-state index contributed by atoms with van der Waals surface area (Å²) in [5.74, 6) is 0. The minimum absolute atomic E-state index is 0.0669. The minimum Gasteiger partial charge on any atom is -0.318 e. The number of fused-ring (bicyclic) bond motifs is 3. The van der Waals surface area contributed by atoms with Crippen LogP contribution in [0.2, 0.25) is 0 Å². The van der Waals surface area contributed by atoms with Crippen molar-refractivity contribution >= 4 is 17.4 Å². The summed E-state index contributed by atoms with van der Waals surface area (Å²) in [4.78, 5) is 18.9. The number of imidazole rings is 1. The zero-order valence-corrected chi connectivity index (χ0v) is 12.1. The van der Waals surface area contributed by atoms with Crippen LogP contribution in [0.4, 0.5) is 10.5 Å². The minimum atomic E-state index is -0.0669. The molecule has 0 spiro atoms. The van der Waals surface area contributed by atoms with Crippen molar-refractivity contribution in [1.82, 2.24) is 14.3 Å². The molecule has 0 unspecified atom stereocenters. The summed E-state index contributed by atoms with van der Waals surface area (Å²) in [6.07, 6.45) is 2.79. The Kier molecular flexibility index (Phi) is 3.04. The summed E-state index contributed by atoms with van der Waals surface area (Å²) in [6.45, 7) is 1.27. The largest absolute Gasteiger partial charge is 0.322 e. The monoisotopic (exact) mass is 292 g/mol. The van der Waals surface area contributed by atoms with Crippen LogP contribution in [0.5, 0.6) is 0 Å². The van der Waals surface area contributed by atoms with E-state index in [1.165, 1.54) is 0 Å². The van der Waals surface area contributed by atoms with Crippen LogP contribution in [0.1, 0.15) is 11.4 Å². The topological polar surface area (TPSA) is 49.6 Å². The van der Waals surface area contributed by atoms with Crippen LogP contribution in [0, 0.1) is 0 Å². The van der Waals surface area contributed by atoms with Gasteiger partial charge in [0, 0.05) is 24.8 Å². The van der Waals surface area contributed by atoms with Crippen LogP contribution in [0.3, 0.4) is 0 Å². The normalized spacial score (nSPS) is 13.9. The highest BCUT2D eigenvalue weighted by atomic mass is 16.2. The van der Waals surface area contributed by atoms with E-state index in [1.54, 1.807) is 0 Å². The quantitative estimate of drug-likeness (QED) is 0.749. The van der Waals surface area contributed by atoms with E-state index < -0.39 is 0 Å². The van der Waals surface area contributed by atoms with Gasteiger partial charge in [-0.2, -0.15) is 0 Å². The molecule has 1 aliphatic rings. The molecule has 5 nitrogen and oxygen atoms in total. The predicted octanol–water partition coefficient (Wildman–Crippen LogP) is 2.92. The number of anilines is 1. The van der Waals surface area contributed by atoms with Crippen LogP contribution >= 0.6 is 0 Å². The number of nitrogens with one attached hydrogen (secondary N) is 1. The molecule has 1 N–H and O–H groups in total. The Bertz CT molecular complexity index is 825. The van der Waals surface area contributed by atoms with Gasteiger partial charge in [0.25, 0.3) is 0 Å². The molecule has 0 saturated heterocycles. The van der Waals surface area contributed by atoms with Gasteiger partial charge in [-0.3, -0.25) is 0 Å². The molecule has 22 heavy (non-hydrogen) atoms. The van der Waals surface area contributed by atoms with Gasteiger partial charge in [-0.15, -0.1) is 0 Å². The molecule has 0 aliphatic carbocycles. The summed E-state index contributed by atoms with van der Waals surface area (Å²) in [5, 5.41) is 2.94. The van der Waals surface area contributed by atoms with E-state index in [0.29, 0.717) is 13.1 Å². The highest BCUT2D eigenvalue weighted by molar-refractivity contribution is 5.89. The maximum Gasteiger partial charge on any atom is 0.322 e. The molecule has 0 atom stereocenters. The van der Waals surface area contributed by atoms with Crippen molar-refractivity contribution < 1.29 is 4.79 Å². The lowest BCUT2D eigenvalue weighted by Crippen LogP contribution is -2.39. The third-order valence-corrected chi connectivity index (χ3v) is 3.98. The average Bonchev–Trinajstić information content (AvgIpc) is 2.93. The molecule has 0 saturated carbocycles. The van der Waals surface area contributed by atoms with Crippen LogP contribution in [0.25, 0.3) is 5.65 Å². The van der Waals surface area contributed by atoms with E-state index in [1.807, 2.05) is 59.6 Å². The van der Waals surface area contributed by atoms with Crippen molar-refractivity contribution in [2.75, 3.05) is 11.9 Å². The van der Waals surface area contributed by atoms with Crippen LogP contribution < -0.4 is 5.32 Å². The second-order valence-corrected chi connectivity index (χ2v) is 5.40. The molecule has 2 amide bonds. The molecule has 0 radical (unpaired) electrons. The first-order chi connectivity index (χ1) is 10.8. The SMILES string of the molecule is O=C(Nc1ccccc1)N1CCc2nc3ccccn3c2C1. The molecule has 3 aromatic rings. The molecule has 0 bridgehead atoms. The lowest BCUT2D eigenvalue weighted by atomic mass is 10.1. The summed E-state index contributed by atoms with van der Waals surface area (Å²) in [7, 11) is 0. The lowest BCUT2D eigenvalue weighted by molar-refractivity contribution is 0.205. The second-order valence-electron chi connectivity index (χ2n) is 5.40. The highest BCUT2D eigenvalue weighted by Crippen LogP contribution is 2.21. The zero-order valence-electron chi connectivity index (χ0n) is 12.1. The molecule has 3 heterocycles. The average molecular weight is 292 g/mol. The van der Waals surface area contributed by atoms with Crippen molar-refractivity contribution in [3.63, 3.8) is 0 Å². The van der Waals surface area contributed by atoms with Crippen molar-refractivity contribution in [3.8, 4) is 0 Å². The summed E-state index contributed by atoms with van der Waals surface area (Å²) >= 11 is 0. The Morgan fingerprint density at radius 1 is 1.09 bits per heavy atom. The fourth-order valence-electron chi connectivity index (χ4n) is 2.86. The first-order valence-electron chi connectivity index (χ1n) is 7.37. The van der Waals surface area contributed by atoms with Crippen LogP contribution in [-0.2, 0) is 13.0 Å². The van der Waals surface area contributed by atoms with E-state index in [9.17, 15) is 4.79 Å². The third kappa shape index (κ3) is 2.20. The number of pyridine rings is 1. The number of para-hydroxylation sites is 1. The van der Waals surface area contributed by atoms with E-state index in [2.05, 4.69) is 14.7 Å². The maximum atomic E-state index is 12.4. The lowest BCUT2D eigenvalue weighted by Gasteiger charge is -2.26. The number of urea groups is 1. The number of rotatable bonds is 1. The van der Waals surface area contributed by atoms with Gasteiger partial charge in [-0.25, -0.2) is 9.78 Å². The van der Waals surface area contributed by atoms with E-state index >= 15 is 0 Å². The Balaban J connectivity index is 1.57. The first kappa shape index (κ1) is 12.9. The molecule has 1 aliphatic heterocycles. The van der Waals surface area contributed by atoms with Gasteiger partial charge in [-0.05, 0) is 24.3 Å². The Hall–Kier alpha value is -2.82. The Morgan fingerprint density at radius 2 is 1.91 bits per heavy atom. The number of benzene rings is 1. The van der Waals surface area contributed by atoms with Gasteiger partial charge in [-0.1, -0.05) is 24.3 Å². The van der Waals surface area contributed by atoms with E-state index in [-0.39, 0.29) is 6.03 Å². The molecule has 1 aromatic carbocycles. The molecule has 2 aromatic heterocycles. The van der Waals surface area contributed by atoms with Crippen LogP contribution in [0.15, 0.2) is 54.7 Å². The molecule has 110 valence electrons. The van der Waals surface area contributed by atoms with Gasteiger partial charge in [0.15, 0.2) is 0 Å². The van der Waals surface area contributed by atoms with Gasteiger partial charge >= 0.3 is 6.03 Å². The molecule has 0 fully saturated rings. The molecule has 5 heteroatoms. The predicted molar refractivity (Wildman–Crippen MR) is 84.8 cm³/mol. The number of hydrogen-bond donors (Lipinski definition) is 1. The number of hydrogen-bond acceptors (Lipinski definition) is 2. The molecular formula is C17H16N4O. The highest BCUT2D eigenvalue weighted by Gasteiger charge is 2.24. The number of nitrogens with zero attached hydrogens (tertiary/aromatic N) is 3. The smallest absolute Gasteiger partial charge is 0.318 e. The van der Waals surface area contributed by atoms with Crippen LogP contribution in [-0.4, -0.2) is 26.9 Å². The third-order valence-electron chi connectivity index (χ3n) is 3.98. The van der Waals surface area contributed by atoms with Gasteiger partial charge in [0.1, 0.15) is 5.65 Å². The second kappa shape index (κ2) is 5.18. The fraction of sp³-hybridized carbons (Fsp3) is 0.176. The van der Waals surface area contributed by atoms with Gasteiger partial charge in [0.2, 0.25) is 0 Å². The van der Waals surface area contributed by atoms with Crippen molar-refractivity contribution in [1.29, 1.82) is 0 Å². The number of aromatic nitrogens is 2. The first-order valence-corrected chi connectivity index (χ1v) is 7.37. The fourth-order valence-corrected chi connectivity index (χ4v) is 2.86. The van der Waals surface area contributed by atoms with Gasteiger partial charge < -0.3 is 14.6 Å². The maximum absolute atomic E-state index is 12.4. The molecule has 4 rings (SSSR count). The summed E-state index contributed by atoms with van der Waals surface area (Å²) in [6, 6.07) is 15.4. The number of carbonyl (C=O) groups excluding carboxylic acids is 1. The molecular weight excluding hydrogens is 276 g/mol. The van der Waals surface area contributed by atoms with Crippen molar-refractivity contribution in [3.05, 3.63) is 66.1 Å². The standard InChI is InChI=1S/C17H16N4O/c22-17(18-13-6-2-1-3-7-13)20-11-9-14-15(12-20)21-10-5-4-8-16(21)19-14/h1-8,10H,9,11-12H2,(H,18,22).